The highest BCUT2D eigenvalue weighted by atomic mass is 32.1. The third-order valence-corrected chi connectivity index (χ3v) is 4.01. The van der Waals surface area contributed by atoms with Gasteiger partial charge in [0, 0.05) is 19.0 Å². The van der Waals surface area contributed by atoms with Crippen molar-refractivity contribution in [3.8, 4) is 10.6 Å². The Bertz CT molecular complexity index is 581. The van der Waals surface area contributed by atoms with Crippen molar-refractivity contribution in [3.63, 3.8) is 0 Å². The van der Waals surface area contributed by atoms with Gasteiger partial charge in [-0.15, -0.1) is 10.2 Å². The Kier molecular flexibility index (Phi) is 3.52. The average molecular weight is 281 g/mol. The van der Waals surface area contributed by atoms with Gasteiger partial charge in [-0.05, 0) is 25.0 Å². The van der Waals surface area contributed by atoms with Gasteiger partial charge >= 0.3 is 0 Å². The number of aromatic nitrogens is 2. The highest BCUT2D eigenvalue weighted by molar-refractivity contribution is 7.14. The molecule has 3 rings (SSSR count). The summed E-state index contributed by atoms with van der Waals surface area (Å²) in [7, 11) is 0. The fourth-order valence-electron chi connectivity index (χ4n) is 1.80. The van der Waals surface area contributed by atoms with Crippen LogP contribution in [0.3, 0.4) is 0 Å². The molecule has 1 aromatic heterocycles. The molecule has 0 radical (unpaired) electrons. The maximum atomic E-state index is 13.6. The van der Waals surface area contributed by atoms with Crippen LogP contribution < -0.4 is 5.32 Å². The second-order valence-electron chi connectivity index (χ2n) is 4.58. The number of hydrogen-bond acceptors (Lipinski definition) is 4. The first kappa shape index (κ1) is 12.6. The number of benzene rings is 1. The molecule has 1 aromatic carbocycles. The Hall–Kier alpha value is -1.40. The summed E-state index contributed by atoms with van der Waals surface area (Å²) in [5.41, 5.74) is 0.180. The van der Waals surface area contributed by atoms with E-state index in [4.69, 9.17) is 0 Å². The lowest BCUT2D eigenvalue weighted by Crippen LogP contribution is -2.19. The van der Waals surface area contributed by atoms with Crippen LogP contribution in [0.4, 0.5) is 8.78 Å². The van der Waals surface area contributed by atoms with Gasteiger partial charge in [-0.3, -0.25) is 0 Å². The van der Waals surface area contributed by atoms with E-state index in [1.54, 1.807) is 0 Å². The van der Waals surface area contributed by atoms with Crippen LogP contribution in [0.2, 0.25) is 0 Å². The Morgan fingerprint density at radius 2 is 2.11 bits per heavy atom. The molecule has 0 unspecified atom stereocenters. The molecule has 1 saturated carbocycles. The second-order valence-corrected chi connectivity index (χ2v) is 5.64. The monoisotopic (exact) mass is 281 g/mol. The van der Waals surface area contributed by atoms with Gasteiger partial charge in [-0.25, -0.2) is 8.78 Å². The van der Waals surface area contributed by atoms with Gasteiger partial charge in [0.05, 0.1) is 5.56 Å². The number of halogens is 2. The zero-order chi connectivity index (χ0) is 13.2. The predicted octanol–water partition coefficient (Wildman–Crippen LogP) is 2.78. The van der Waals surface area contributed by atoms with Crippen LogP contribution in [0.5, 0.6) is 0 Å². The van der Waals surface area contributed by atoms with E-state index >= 15 is 0 Å². The van der Waals surface area contributed by atoms with Crippen LogP contribution in [0.25, 0.3) is 10.6 Å². The molecular formula is C13H13F2N3S. The Morgan fingerprint density at radius 3 is 2.89 bits per heavy atom. The van der Waals surface area contributed by atoms with E-state index in [0.717, 1.165) is 24.0 Å². The molecule has 1 aliphatic carbocycles. The van der Waals surface area contributed by atoms with E-state index < -0.39 is 11.6 Å². The quantitative estimate of drug-likeness (QED) is 0.915. The third-order valence-electron chi connectivity index (χ3n) is 3.00. The van der Waals surface area contributed by atoms with Gasteiger partial charge in [0.1, 0.15) is 5.01 Å². The number of nitrogens with zero attached hydrogens (tertiary/aromatic N) is 2. The molecular weight excluding hydrogens is 268 g/mol. The third kappa shape index (κ3) is 2.96. The summed E-state index contributed by atoms with van der Waals surface area (Å²) < 4.78 is 26.8. The molecule has 3 nitrogen and oxygen atoms in total. The summed E-state index contributed by atoms with van der Waals surface area (Å²) in [6, 6.07) is 4.75. The molecule has 0 aliphatic heterocycles. The van der Waals surface area contributed by atoms with Gasteiger partial charge in [0.2, 0.25) is 0 Å². The molecule has 1 aliphatic rings. The SMILES string of the molecule is Fc1cccc(-c2nnc(CCNC3CC3)s2)c1F. The number of hydrogen-bond donors (Lipinski definition) is 1. The first-order valence-corrected chi connectivity index (χ1v) is 7.06. The molecule has 1 N–H and O–H groups in total. The van der Waals surface area contributed by atoms with Crippen molar-refractivity contribution < 1.29 is 8.78 Å². The molecule has 0 bridgehead atoms. The van der Waals surface area contributed by atoms with Gasteiger partial charge < -0.3 is 5.32 Å². The smallest absolute Gasteiger partial charge is 0.169 e. The molecule has 6 heteroatoms. The Labute approximate surface area is 113 Å². The standard InChI is InChI=1S/C13H13F2N3S/c14-10-3-1-2-9(12(10)15)13-18-17-11(19-13)6-7-16-8-4-5-8/h1-3,8,16H,4-7H2. The van der Waals surface area contributed by atoms with Crippen LogP contribution >= 0.6 is 11.3 Å². The summed E-state index contributed by atoms with van der Waals surface area (Å²) in [4.78, 5) is 0. The summed E-state index contributed by atoms with van der Waals surface area (Å²) in [5, 5.41) is 12.6. The van der Waals surface area contributed by atoms with Gasteiger partial charge in [0.15, 0.2) is 16.6 Å². The van der Waals surface area contributed by atoms with E-state index in [2.05, 4.69) is 15.5 Å². The maximum absolute atomic E-state index is 13.6. The molecule has 2 aromatic rings. The second kappa shape index (κ2) is 5.30. The van der Waals surface area contributed by atoms with E-state index in [1.807, 2.05) is 0 Å². The van der Waals surface area contributed by atoms with Crippen LogP contribution in [0.1, 0.15) is 17.8 Å². The average Bonchev–Trinajstić information content (AvgIpc) is 3.10. The fraction of sp³-hybridized carbons (Fsp3) is 0.385. The predicted molar refractivity (Wildman–Crippen MR) is 70.0 cm³/mol. The van der Waals surface area contributed by atoms with Crippen molar-refractivity contribution in [1.82, 2.24) is 15.5 Å². The van der Waals surface area contributed by atoms with Gasteiger partial charge in [-0.1, -0.05) is 17.4 Å². The van der Waals surface area contributed by atoms with E-state index in [9.17, 15) is 8.78 Å². The van der Waals surface area contributed by atoms with Crippen molar-refractivity contribution in [2.45, 2.75) is 25.3 Å². The summed E-state index contributed by atoms with van der Waals surface area (Å²) >= 11 is 1.31. The summed E-state index contributed by atoms with van der Waals surface area (Å²) in [6.45, 7) is 0.852. The first-order chi connectivity index (χ1) is 9.24. The largest absolute Gasteiger partial charge is 0.314 e. The van der Waals surface area contributed by atoms with Crippen molar-refractivity contribution >= 4 is 11.3 Å². The van der Waals surface area contributed by atoms with E-state index in [1.165, 1.54) is 36.3 Å². The highest BCUT2D eigenvalue weighted by Crippen LogP contribution is 2.27. The molecule has 0 amide bonds. The lowest BCUT2D eigenvalue weighted by atomic mass is 10.2. The van der Waals surface area contributed by atoms with Gasteiger partial charge in [0.25, 0.3) is 0 Å². The topological polar surface area (TPSA) is 37.8 Å². The van der Waals surface area contributed by atoms with Gasteiger partial charge in [-0.2, -0.15) is 0 Å². The molecule has 0 atom stereocenters. The number of nitrogens with one attached hydrogen (secondary N) is 1. The lowest BCUT2D eigenvalue weighted by Gasteiger charge is -1.99. The lowest BCUT2D eigenvalue weighted by molar-refractivity contribution is 0.511. The minimum atomic E-state index is -0.860. The molecule has 1 fully saturated rings. The Morgan fingerprint density at radius 1 is 1.26 bits per heavy atom. The van der Waals surface area contributed by atoms with Crippen molar-refractivity contribution in [2.24, 2.45) is 0 Å². The zero-order valence-electron chi connectivity index (χ0n) is 10.2. The molecule has 0 saturated heterocycles. The van der Waals surface area contributed by atoms with Crippen LogP contribution in [-0.2, 0) is 6.42 Å². The van der Waals surface area contributed by atoms with E-state index in [-0.39, 0.29) is 5.56 Å². The molecule has 1 heterocycles. The van der Waals surface area contributed by atoms with Crippen LogP contribution in [-0.4, -0.2) is 22.8 Å². The fourth-order valence-corrected chi connectivity index (χ4v) is 2.66. The first-order valence-electron chi connectivity index (χ1n) is 6.24. The van der Waals surface area contributed by atoms with Crippen LogP contribution in [0.15, 0.2) is 18.2 Å². The summed E-state index contributed by atoms with van der Waals surface area (Å²) in [5.74, 6) is -1.72. The Balaban J connectivity index is 1.70. The number of rotatable bonds is 5. The van der Waals surface area contributed by atoms with Crippen molar-refractivity contribution in [1.29, 1.82) is 0 Å². The van der Waals surface area contributed by atoms with Crippen molar-refractivity contribution in [3.05, 3.63) is 34.8 Å². The minimum absolute atomic E-state index is 0.180. The van der Waals surface area contributed by atoms with Crippen molar-refractivity contribution in [2.75, 3.05) is 6.54 Å². The minimum Gasteiger partial charge on any atom is -0.314 e. The van der Waals surface area contributed by atoms with E-state index in [0.29, 0.717) is 11.0 Å². The normalized spacial score (nSPS) is 14.8. The van der Waals surface area contributed by atoms with Crippen LogP contribution in [0, 0.1) is 11.6 Å². The summed E-state index contributed by atoms with van der Waals surface area (Å²) in [6.07, 6.45) is 3.26. The highest BCUT2D eigenvalue weighted by Gasteiger charge is 2.20. The molecule has 100 valence electrons. The zero-order valence-corrected chi connectivity index (χ0v) is 11.0. The molecule has 0 spiro atoms. The molecule has 19 heavy (non-hydrogen) atoms. The maximum Gasteiger partial charge on any atom is 0.169 e.